The highest BCUT2D eigenvalue weighted by Crippen LogP contribution is 2.23. The fourth-order valence-electron chi connectivity index (χ4n) is 1.41. The first-order chi connectivity index (χ1) is 5.29. The largest absolute Gasteiger partial charge is 0.364 e. The number of hydrogen-bond acceptors (Lipinski definition) is 1. The van der Waals surface area contributed by atoms with Crippen molar-refractivity contribution in [3.8, 4) is 0 Å². The Morgan fingerprint density at radius 2 is 2.45 bits per heavy atom. The normalized spacial score (nSPS) is 23.4. The number of aryl methyl sites for hydroxylation is 1. The van der Waals surface area contributed by atoms with Crippen LogP contribution in [0.1, 0.15) is 22.5 Å². The molecular weight excluding hydrogens is 162 g/mol. The number of aromatic nitrogens is 1. The number of fused-ring (bicyclic) bond motifs is 1. The number of ketones is 1. The van der Waals surface area contributed by atoms with Crippen molar-refractivity contribution in [2.75, 3.05) is 0 Å². The van der Waals surface area contributed by atoms with Gasteiger partial charge in [0.15, 0.2) is 5.78 Å². The van der Waals surface area contributed by atoms with E-state index in [-0.39, 0.29) is 11.2 Å². The van der Waals surface area contributed by atoms with E-state index in [0.717, 1.165) is 24.1 Å². The van der Waals surface area contributed by atoms with E-state index in [4.69, 9.17) is 11.6 Å². The Balaban J connectivity index is 2.46. The van der Waals surface area contributed by atoms with Crippen LogP contribution in [0.2, 0.25) is 0 Å². The molecule has 0 radical (unpaired) electrons. The molecule has 1 unspecified atom stereocenters. The highest BCUT2D eigenvalue weighted by atomic mass is 35.5. The Morgan fingerprint density at radius 1 is 1.64 bits per heavy atom. The van der Waals surface area contributed by atoms with Crippen LogP contribution < -0.4 is 0 Å². The summed E-state index contributed by atoms with van der Waals surface area (Å²) in [5.74, 6) is 0.0640. The molecule has 1 aromatic rings. The number of halogens is 1. The Morgan fingerprint density at radius 3 is 3.27 bits per heavy atom. The summed E-state index contributed by atoms with van der Waals surface area (Å²) in [5, 5.41) is -0.307. The van der Waals surface area contributed by atoms with Gasteiger partial charge in [-0.2, -0.15) is 0 Å². The van der Waals surface area contributed by atoms with Crippen LogP contribution in [0.15, 0.2) is 12.3 Å². The summed E-state index contributed by atoms with van der Waals surface area (Å²) >= 11 is 5.79. The molecule has 1 aliphatic carbocycles. The quantitative estimate of drug-likeness (QED) is 0.590. The van der Waals surface area contributed by atoms with E-state index in [1.165, 1.54) is 0 Å². The maximum absolute atomic E-state index is 11.3. The molecule has 0 aliphatic heterocycles. The fraction of sp³-hybridized carbons (Fsp3) is 0.375. The van der Waals surface area contributed by atoms with Crippen molar-refractivity contribution >= 4 is 17.4 Å². The predicted octanol–water partition coefficient (Wildman–Crippen LogP) is 1.75. The second-order valence-corrected chi connectivity index (χ2v) is 3.27. The zero-order chi connectivity index (χ0) is 7.84. The molecule has 3 heteroatoms. The lowest BCUT2D eigenvalue weighted by atomic mass is 9.96. The molecular formula is C8H8ClNO. The Kier molecular flexibility index (Phi) is 1.50. The van der Waals surface area contributed by atoms with E-state index >= 15 is 0 Å². The summed E-state index contributed by atoms with van der Waals surface area (Å²) in [4.78, 5) is 14.4. The second kappa shape index (κ2) is 2.38. The van der Waals surface area contributed by atoms with Crippen molar-refractivity contribution in [2.45, 2.75) is 18.2 Å². The summed E-state index contributed by atoms with van der Waals surface area (Å²) in [7, 11) is 0. The van der Waals surface area contributed by atoms with Crippen LogP contribution in [-0.4, -0.2) is 16.1 Å². The average Bonchev–Trinajstić information content (AvgIpc) is 2.45. The molecule has 0 saturated heterocycles. The van der Waals surface area contributed by atoms with Crippen molar-refractivity contribution in [3.05, 3.63) is 23.5 Å². The number of hydrogen-bond donors (Lipinski definition) is 1. The Hall–Kier alpha value is -0.760. The lowest BCUT2D eigenvalue weighted by molar-refractivity contribution is 0.0977. The molecule has 0 saturated carbocycles. The first kappa shape index (κ1) is 6.92. The molecule has 0 spiro atoms. The smallest absolute Gasteiger partial charge is 0.182 e. The van der Waals surface area contributed by atoms with Crippen LogP contribution in [0.25, 0.3) is 0 Å². The van der Waals surface area contributed by atoms with Gasteiger partial charge in [-0.05, 0) is 18.9 Å². The highest BCUT2D eigenvalue weighted by Gasteiger charge is 2.25. The van der Waals surface area contributed by atoms with Gasteiger partial charge in [0.2, 0.25) is 0 Å². The number of alkyl halides is 1. The van der Waals surface area contributed by atoms with E-state index in [1.807, 2.05) is 0 Å². The van der Waals surface area contributed by atoms with Crippen molar-refractivity contribution in [1.29, 1.82) is 0 Å². The van der Waals surface area contributed by atoms with E-state index in [0.29, 0.717) is 0 Å². The summed E-state index contributed by atoms with van der Waals surface area (Å²) in [5.41, 5.74) is 1.81. The molecule has 11 heavy (non-hydrogen) atoms. The van der Waals surface area contributed by atoms with Crippen molar-refractivity contribution < 1.29 is 4.79 Å². The predicted molar refractivity (Wildman–Crippen MR) is 43.1 cm³/mol. The van der Waals surface area contributed by atoms with Gasteiger partial charge in [0.25, 0.3) is 0 Å². The molecule has 0 amide bonds. The minimum atomic E-state index is -0.307. The Labute approximate surface area is 69.6 Å². The van der Waals surface area contributed by atoms with E-state index in [2.05, 4.69) is 4.98 Å². The van der Waals surface area contributed by atoms with Gasteiger partial charge in [0.1, 0.15) is 0 Å². The summed E-state index contributed by atoms with van der Waals surface area (Å²) < 4.78 is 0. The van der Waals surface area contributed by atoms with Gasteiger partial charge in [-0.25, -0.2) is 0 Å². The Bertz CT molecular complexity index is 292. The maximum atomic E-state index is 11.3. The molecule has 1 atom stereocenters. The van der Waals surface area contributed by atoms with Crippen LogP contribution in [0.4, 0.5) is 0 Å². The highest BCUT2D eigenvalue weighted by molar-refractivity contribution is 6.34. The first-order valence-corrected chi connectivity index (χ1v) is 4.07. The SMILES string of the molecule is O=C1c2cc[nH]c2CCC1Cl. The van der Waals surface area contributed by atoms with Crippen LogP contribution >= 0.6 is 11.6 Å². The van der Waals surface area contributed by atoms with Gasteiger partial charge in [-0.3, -0.25) is 4.79 Å². The monoisotopic (exact) mass is 169 g/mol. The third-order valence-corrected chi connectivity index (χ3v) is 2.45. The molecule has 0 fully saturated rings. The van der Waals surface area contributed by atoms with Crippen molar-refractivity contribution in [2.24, 2.45) is 0 Å². The van der Waals surface area contributed by atoms with Gasteiger partial charge in [0, 0.05) is 17.5 Å². The van der Waals surface area contributed by atoms with Crippen LogP contribution in [-0.2, 0) is 6.42 Å². The van der Waals surface area contributed by atoms with Crippen LogP contribution in [0.5, 0.6) is 0 Å². The number of H-pyrrole nitrogens is 1. The molecule has 1 heterocycles. The van der Waals surface area contributed by atoms with E-state index < -0.39 is 0 Å². The maximum Gasteiger partial charge on any atom is 0.182 e. The van der Waals surface area contributed by atoms with Gasteiger partial charge >= 0.3 is 0 Å². The van der Waals surface area contributed by atoms with Crippen molar-refractivity contribution in [1.82, 2.24) is 4.98 Å². The van der Waals surface area contributed by atoms with Gasteiger partial charge in [-0.15, -0.1) is 11.6 Å². The molecule has 1 aromatic heterocycles. The number of carbonyl (C=O) groups excluding carboxylic acids is 1. The van der Waals surface area contributed by atoms with Gasteiger partial charge in [-0.1, -0.05) is 0 Å². The van der Waals surface area contributed by atoms with E-state index in [9.17, 15) is 4.79 Å². The van der Waals surface area contributed by atoms with Gasteiger partial charge in [0.05, 0.1) is 5.38 Å². The zero-order valence-electron chi connectivity index (χ0n) is 5.93. The standard InChI is InChI=1S/C8H8ClNO/c9-6-1-2-7-5(8(6)11)3-4-10-7/h3-4,6,10H,1-2H2. The number of carbonyl (C=O) groups is 1. The molecule has 0 bridgehead atoms. The summed E-state index contributed by atoms with van der Waals surface area (Å²) in [6.07, 6.45) is 3.44. The first-order valence-electron chi connectivity index (χ1n) is 3.63. The molecule has 58 valence electrons. The number of aromatic amines is 1. The fourth-order valence-corrected chi connectivity index (χ4v) is 1.64. The second-order valence-electron chi connectivity index (χ2n) is 2.74. The zero-order valence-corrected chi connectivity index (χ0v) is 6.69. The lowest BCUT2D eigenvalue weighted by Crippen LogP contribution is -2.21. The topological polar surface area (TPSA) is 32.9 Å². The molecule has 1 N–H and O–H groups in total. The summed E-state index contributed by atoms with van der Waals surface area (Å²) in [6, 6.07) is 1.80. The molecule has 1 aliphatic rings. The number of rotatable bonds is 0. The number of Topliss-reactive ketones (excluding diaryl/α,β-unsaturated/α-hetero) is 1. The lowest BCUT2D eigenvalue weighted by Gasteiger charge is -2.14. The third-order valence-electron chi connectivity index (χ3n) is 2.03. The minimum absolute atomic E-state index is 0.0640. The van der Waals surface area contributed by atoms with Crippen LogP contribution in [0.3, 0.4) is 0 Å². The average molecular weight is 170 g/mol. The minimum Gasteiger partial charge on any atom is -0.364 e. The van der Waals surface area contributed by atoms with E-state index in [1.54, 1.807) is 12.3 Å². The summed E-state index contributed by atoms with van der Waals surface area (Å²) in [6.45, 7) is 0. The third kappa shape index (κ3) is 0.979. The van der Waals surface area contributed by atoms with Crippen LogP contribution in [0, 0.1) is 0 Å². The molecule has 0 aromatic carbocycles. The van der Waals surface area contributed by atoms with Gasteiger partial charge < -0.3 is 4.98 Å². The molecule has 2 nitrogen and oxygen atoms in total. The van der Waals surface area contributed by atoms with Crippen molar-refractivity contribution in [3.63, 3.8) is 0 Å². The molecule has 2 rings (SSSR count). The number of nitrogens with one attached hydrogen (secondary N) is 1.